The maximum absolute atomic E-state index is 12.6. The van der Waals surface area contributed by atoms with Crippen LogP contribution >= 0.6 is 0 Å². The lowest BCUT2D eigenvalue weighted by Crippen LogP contribution is -2.33. The molecule has 0 radical (unpaired) electrons. The molecule has 0 fully saturated rings. The van der Waals surface area contributed by atoms with Crippen LogP contribution in [0, 0.1) is 6.92 Å². The number of carbonyl (C=O) groups is 1. The molecule has 4 rings (SSSR count). The summed E-state index contributed by atoms with van der Waals surface area (Å²) in [5.41, 5.74) is 2.91. The Morgan fingerprint density at radius 3 is 3.04 bits per heavy atom. The number of aryl methyl sites for hydroxylation is 2. The topological polar surface area (TPSA) is 77.5 Å². The highest BCUT2D eigenvalue weighted by atomic mass is 16.5. The minimum atomic E-state index is -0.248. The minimum Gasteiger partial charge on any atom is -0.488 e. The fourth-order valence-electron chi connectivity index (χ4n) is 3.11. The lowest BCUT2D eigenvalue weighted by atomic mass is 10.0. The van der Waals surface area contributed by atoms with Gasteiger partial charge in [-0.15, -0.1) is 0 Å². The normalized spacial score (nSPS) is 13.5. The van der Waals surface area contributed by atoms with Gasteiger partial charge in [0.15, 0.2) is 11.5 Å². The number of carbonyl (C=O) groups excluding carboxylic acids is 1. The van der Waals surface area contributed by atoms with Crippen molar-refractivity contribution >= 4 is 5.91 Å². The Kier molecular flexibility index (Phi) is 4.24. The van der Waals surface area contributed by atoms with Crippen molar-refractivity contribution in [3.8, 4) is 17.1 Å². The van der Waals surface area contributed by atoms with E-state index in [0.717, 1.165) is 35.5 Å². The lowest BCUT2D eigenvalue weighted by molar-refractivity contribution is 0.0927. The summed E-state index contributed by atoms with van der Waals surface area (Å²) in [4.78, 5) is 12.6. The van der Waals surface area contributed by atoms with Crippen molar-refractivity contribution in [3.05, 3.63) is 59.2 Å². The van der Waals surface area contributed by atoms with Crippen LogP contribution in [0.2, 0.25) is 0 Å². The molecule has 1 aromatic carbocycles. The molecule has 2 aromatic heterocycles. The molecule has 1 amide bonds. The Morgan fingerprint density at radius 1 is 1.35 bits per heavy atom. The van der Waals surface area contributed by atoms with E-state index in [4.69, 9.17) is 13.7 Å². The first-order valence-corrected chi connectivity index (χ1v) is 8.67. The molecule has 0 spiro atoms. The predicted octanol–water partition coefficient (Wildman–Crippen LogP) is 3.89. The molecule has 6 nitrogen and oxygen atoms in total. The van der Waals surface area contributed by atoms with Crippen LogP contribution in [0.25, 0.3) is 11.3 Å². The number of nitrogens with one attached hydrogen (secondary N) is 1. The van der Waals surface area contributed by atoms with Gasteiger partial charge >= 0.3 is 0 Å². The number of furan rings is 1. The summed E-state index contributed by atoms with van der Waals surface area (Å²) in [5.74, 6) is 2.02. The summed E-state index contributed by atoms with van der Waals surface area (Å²) in [7, 11) is 0. The Morgan fingerprint density at radius 2 is 2.23 bits per heavy atom. The molecule has 0 aliphatic carbocycles. The second-order valence-electron chi connectivity index (χ2n) is 6.62. The third kappa shape index (κ3) is 3.10. The van der Waals surface area contributed by atoms with Crippen molar-refractivity contribution in [3.63, 3.8) is 0 Å². The summed E-state index contributed by atoms with van der Waals surface area (Å²) >= 11 is 0. The van der Waals surface area contributed by atoms with Gasteiger partial charge in [0.1, 0.15) is 18.1 Å². The Labute approximate surface area is 151 Å². The largest absolute Gasteiger partial charge is 0.488 e. The monoisotopic (exact) mass is 352 g/mol. The smallest absolute Gasteiger partial charge is 0.274 e. The van der Waals surface area contributed by atoms with E-state index in [-0.39, 0.29) is 24.2 Å². The molecule has 0 saturated heterocycles. The molecule has 1 N–H and O–H groups in total. The van der Waals surface area contributed by atoms with E-state index >= 15 is 0 Å². The number of benzene rings is 1. The van der Waals surface area contributed by atoms with Gasteiger partial charge in [-0.2, -0.15) is 0 Å². The van der Waals surface area contributed by atoms with E-state index in [1.165, 1.54) is 0 Å². The van der Waals surface area contributed by atoms with E-state index in [1.54, 1.807) is 6.26 Å². The van der Waals surface area contributed by atoms with E-state index in [1.807, 2.05) is 44.2 Å². The summed E-state index contributed by atoms with van der Waals surface area (Å²) < 4.78 is 16.6. The van der Waals surface area contributed by atoms with Crippen LogP contribution in [0.15, 0.2) is 45.5 Å². The van der Waals surface area contributed by atoms with Crippen LogP contribution in [0.1, 0.15) is 40.7 Å². The van der Waals surface area contributed by atoms with E-state index in [9.17, 15) is 4.79 Å². The zero-order valence-corrected chi connectivity index (χ0v) is 14.7. The van der Waals surface area contributed by atoms with E-state index in [0.29, 0.717) is 11.3 Å². The van der Waals surface area contributed by atoms with Crippen molar-refractivity contribution < 1.29 is 18.5 Å². The first kappa shape index (κ1) is 16.4. The molecule has 3 heterocycles. The van der Waals surface area contributed by atoms with Crippen LogP contribution in [-0.2, 0) is 13.0 Å². The maximum atomic E-state index is 12.6. The summed E-state index contributed by atoms with van der Waals surface area (Å²) in [6, 6.07) is 9.64. The molecule has 6 heteroatoms. The fraction of sp³-hybridized carbons (Fsp3) is 0.300. The minimum absolute atomic E-state index is 0.0148. The number of hydrogen-bond acceptors (Lipinski definition) is 5. The number of amides is 1. The quantitative estimate of drug-likeness (QED) is 0.754. The van der Waals surface area contributed by atoms with E-state index in [2.05, 4.69) is 10.5 Å². The molecule has 1 aliphatic rings. The SMILES string of the molecule is Cc1ccc2c(c1)-c1onc(C(=O)N[C@@H](C)CCc3ccco3)c1CO2. The molecule has 1 aliphatic heterocycles. The molecular formula is C20H20N2O4. The van der Waals surface area contributed by atoms with E-state index < -0.39 is 0 Å². The van der Waals surface area contributed by atoms with Gasteiger partial charge in [-0.25, -0.2) is 0 Å². The van der Waals surface area contributed by atoms with Gasteiger partial charge in [-0.3, -0.25) is 4.79 Å². The van der Waals surface area contributed by atoms with Gasteiger partial charge < -0.3 is 19.0 Å². The highest BCUT2D eigenvalue weighted by molar-refractivity contribution is 5.95. The van der Waals surface area contributed by atoms with Gasteiger partial charge in [0, 0.05) is 12.5 Å². The average molecular weight is 352 g/mol. The fourth-order valence-corrected chi connectivity index (χ4v) is 3.11. The number of ether oxygens (including phenoxy) is 1. The van der Waals surface area contributed by atoms with Gasteiger partial charge in [0.05, 0.1) is 17.4 Å². The Bertz CT molecular complexity index is 927. The van der Waals surface area contributed by atoms with Crippen molar-refractivity contribution in [1.82, 2.24) is 10.5 Å². The van der Waals surface area contributed by atoms with Crippen molar-refractivity contribution in [1.29, 1.82) is 0 Å². The first-order valence-electron chi connectivity index (χ1n) is 8.67. The molecule has 1 atom stereocenters. The van der Waals surface area contributed by atoms with Gasteiger partial charge in [-0.05, 0) is 44.5 Å². The van der Waals surface area contributed by atoms with Gasteiger partial charge in [-0.1, -0.05) is 16.8 Å². The number of fused-ring (bicyclic) bond motifs is 3. The Balaban J connectivity index is 1.48. The highest BCUT2D eigenvalue weighted by Gasteiger charge is 2.29. The number of hydrogen-bond donors (Lipinski definition) is 1. The Hall–Kier alpha value is -3.02. The van der Waals surface area contributed by atoms with Crippen LogP contribution < -0.4 is 10.1 Å². The highest BCUT2D eigenvalue weighted by Crippen LogP contribution is 2.39. The van der Waals surface area contributed by atoms with Crippen molar-refractivity contribution in [2.45, 2.75) is 39.3 Å². The zero-order valence-electron chi connectivity index (χ0n) is 14.7. The maximum Gasteiger partial charge on any atom is 0.274 e. The molecular weight excluding hydrogens is 332 g/mol. The third-order valence-electron chi connectivity index (χ3n) is 4.54. The summed E-state index contributed by atoms with van der Waals surface area (Å²) in [6.07, 6.45) is 3.19. The second kappa shape index (κ2) is 6.71. The molecule has 134 valence electrons. The second-order valence-corrected chi connectivity index (χ2v) is 6.62. The molecule has 3 aromatic rings. The van der Waals surface area contributed by atoms with Crippen LogP contribution in [-0.4, -0.2) is 17.1 Å². The summed E-state index contributed by atoms with van der Waals surface area (Å²) in [6.45, 7) is 4.24. The van der Waals surface area contributed by atoms with Gasteiger partial charge in [0.2, 0.25) is 0 Å². The molecule has 0 saturated carbocycles. The summed E-state index contributed by atoms with van der Waals surface area (Å²) in [5, 5.41) is 6.98. The third-order valence-corrected chi connectivity index (χ3v) is 4.54. The number of aromatic nitrogens is 1. The average Bonchev–Trinajstić information content (AvgIpc) is 3.29. The van der Waals surface area contributed by atoms with Gasteiger partial charge in [0.25, 0.3) is 5.91 Å². The van der Waals surface area contributed by atoms with Crippen LogP contribution in [0.5, 0.6) is 5.75 Å². The van der Waals surface area contributed by atoms with Crippen molar-refractivity contribution in [2.75, 3.05) is 0 Å². The van der Waals surface area contributed by atoms with Crippen molar-refractivity contribution in [2.24, 2.45) is 0 Å². The molecule has 0 unspecified atom stereocenters. The van der Waals surface area contributed by atoms with Crippen LogP contribution in [0.4, 0.5) is 0 Å². The number of rotatable bonds is 5. The molecule has 26 heavy (non-hydrogen) atoms. The number of nitrogens with zero attached hydrogens (tertiary/aromatic N) is 1. The zero-order chi connectivity index (χ0) is 18.1. The first-order chi connectivity index (χ1) is 12.6. The standard InChI is InChI=1S/C20H20N2O4/c1-12-5-8-17-15(10-12)19-16(11-25-17)18(22-26-19)20(23)21-13(2)6-7-14-4-3-9-24-14/h3-5,8-10,13H,6-7,11H2,1-2H3,(H,21,23)/t13-/m0/s1. The lowest BCUT2D eigenvalue weighted by Gasteiger charge is -2.17. The predicted molar refractivity (Wildman–Crippen MR) is 95.0 cm³/mol. The molecule has 0 bridgehead atoms. The van der Waals surface area contributed by atoms with Crippen LogP contribution in [0.3, 0.4) is 0 Å².